The number of hydrogen-bond acceptors (Lipinski definition) is 3. The molecule has 0 saturated heterocycles. The molecule has 1 unspecified atom stereocenters. The Bertz CT molecular complexity index is 921. The van der Waals surface area contributed by atoms with Crippen molar-refractivity contribution in [3.05, 3.63) is 58.6 Å². The first-order valence-corrected chi connectivity index (χ1v) is 11.0. The summed E-state index contributed by atoms with van der Waals surface area (Å²) in [6.07, 6.45) is 5.06. The van der Waals surface area contributed by atoms with Crippen LogP contribution in [0.25, 0.3) is 0 Å². The molecule has 1 saturated carbocycles. The topological polar surface area (TPSA) is 67.4 Å². The molecule has 1 heterocycles. The van der Waals surface area contributed by atoms with Crippen LogP contribution in [0.5, 0.6) is 5.75 Å². The lowest BCUT2D eigenvalue weighted by Crippen LogP contribution is -2.43. The molecule has 0 aromatic heterocycles. The van der Waals surface area contributed by atoms with Gasteiger partial charge in [0, 0.05) is 22.3 Å². The van der Waals surface area contributed by atoms with Gasteiger partial charge in [0.2, 0.25) is 5.91 Å². The fourth-order valence-electron chi connectivity index (χ4n) is 4.17. The van der Waals surface area contributed by atoms with Gasteiger partial charge in [-0.3, -0.25) is 9.59 Å². The summed E-state index contributed by atoms with van der Waals surface area (Å²) in [6, 6.07) is 12.6. The summed E-state index contributed by atoms with van der Waals surface area (Å²) in [5.74, 6) is 1.18. The van der Waals surface area contributed by atoms with Crippen LogP contribution in [0.3, 0.4) is 0 Å². The molecule has 0 radical (unpaired) electrons. The maximum absolute atomic E-state index is 12.8. The van der Waals surface area contributed by atoms with Crippen LogP contribution in [0.2, 0.25) is 5.02 Å². The smallest absolute Gasteiger partial charge is 0.255 e. The highest BCUT2D eigenvalue weighted by atomic mass is 35.5. The lowest BCUT2D eigenvalue weighted by molar-refractivity contribution is -0.127. The van der Waals surface area contributed by atoms with Crippen LogP contribution in [-0.4, -0.2) is 24.5 Å². The van der Waals surface area contributed by atoms with E-state index in [1.165, 1.54) is 12.8 Å². The Morgan fingerprint density at radius 3 is 2.50 bits per heavy atom. The van der Waals surface area contributed by atoms with Crippen molar-refractivity contribution >= 4 is 29.1 Å². The largest absolute Gasteiger partial charge is 0.492 e. The quantitative estimate of drug-likeness (QED) is 0.735. The first-order valence-electron chi connectivity index (χ1n) is 10.6. The van der Waals surface area contributed by atoms with Gasteiger partial charge in [-0.1, -0.05) is 18.5 Å². The van der Waals surface area contributed by atoms with Crippen LogP contribution in [-0.2, 0) is 11.2 Å². The minimum Gasteiger partial charge on any atom is -0.492 e. The SMILES string of the molecule is CC1CCC(NC(=O)C2COc3ccc(NC(=O)c4ccc(Cl)cc4)cc3C2)CC1. The predicted molar refractivity (Wildman–Crippen MR) is 118 cm³/mol. The van der Waals surface area contributed by atoms with E-state index in [9.17, 15) is 9.59 Å². The summed E-state index contributed by atoms with van der Waals surface area (Å²) in [6.45, 7) is 2.66. The van der Waals surface area contributed by atoms with Gasteiger partial charge in [0.25, 0.3) is 5.91 Å². The van der Waals surface area contributed by atoms with Gasteiger partial charge in [0.1, 0.15) is 12.4 Å². The number of rotatable bonds is 4. The van der Waals surface area contributed by atoms with E-state index in [-0.39, 0.29) is 23.8 Å². The number of ether oxygens (including phenoxy) is 1. The second-order valence-electron chi connectivity index (χ2n) is 8.46. The zero-order valence-electron chi connectivity index (χ0n) is 17.1. The van der Waals surface area contributed by atoms with Crippen molar-refractivity contribution in [1.82, 2.24) is 5.32 Å². The highest BCUT2D eigenvalue weighted by Crippen LogP contribution is 2.31. The van der Waals surface area contributed by atoms with Crippen molar-refractivity contribution in [2.24, 2.45) is 11.8 Å². The van der Waals surface area contributed by atoms with Crippen molar-refractivity contribution in [2.75, 3.05) is 11.9 Å². The molecule has 2 amide bonds. The van der Waals surface area contributed by atoms with Crippen molar-refractivity contribution in [3.8, 4) is 5.75 Å². The third-order valence-electron chi connectivity index (χ3n) is 6.06. The molecule has 2 N–H and O–H groups in total. The van der Waals surface area contributed by atoms with Gasteiger partial charge >= 0.3 is 0 Å². The van der Waals surface area contributed by atoms with Crippen LogP contribution in [0, 0.1) is 11.8 Å². The molecule has 158 valence electrons. The number of anilines is 1. The number of fused-ring (bicyclic) bond motifs is 1. The fourth-order valence-corrected chi connectivity index (χ4v) is 4.29. The van der Waals surface area contributed by atoms with E-state index in [2.05, 4.69) is 17.6 Å². The predicted octanol–water partition coefficient (Wildman–Crippen LogP) is 4.84. The molecule has 2 aromatic rings. The number of carbonyl (C=O) groups is 2. The summed E-state index contributed by atoms with van der Waals surface area (Å²) in [5, 5.41) is 6.70. The van der Waals surface area contributed by atoms with Crippen LogP contribution in [0.1, 0.15) is 48.5 Å². The van der Waals surface area contributed by atoms with Crippen LogP contribution in [0.4, 0.5) is 5.69 Å². The first kappa shape index (κ1) is 20.7. The van der Waals surface area contributed by atoms with Gasteiger partial charge in [-0.25, -0.2) is 0 Å². The minimum absolute atomic E-state index is 0.0656. The second kappa shape index (κ2) is 9.09. The molecule has 4 rings (SSSR count). The Balaban J connectivity index is 1.38. The standard InChI is InChI=1S/C24H27ClN2O3/c1-15-2-8-20(9-3-15)26-24(29)18-12-17-13-21(10-11-22(17)30-14-18)27-23(28)16-4-6-19(25)7-5-16/h4-7,10-11,13,15,18,20H,2-3,8-9,12,14H2,1H3,(H,26,29)(H,27,28). The van der Waals surface area contributed by atoms with Gasteiger partial charge in [-0.2, -0.15) is 0 Å². The molecule has 0 spiro atoms. The Kier molecular flexibility index (Phi) is 6.28. The van der Waals surface area contributed by atoms with E-state index in [4.69, 9.17) is 16.3 Å². The maximum atomic E-state index is 12.8. The lowest BCUT2D eigenvalue weighted by Gasteiger charge is -2.30. The maximum Gasteiger partial charge on any atom is 0.255 e. The normalized spacial score (nSPS) is 23.1. The van der Waals surface area contributed by atoms with Crippen molar-refractivity contribution in [1.29, 1.82) is 0 Å². The van der Waals surface area contributed by atoms with E-state index in [0.717, 1.165) is 30.1 Å². The molecule has 2 aliphatic rings. The summed E-state index contributed by atoms with van der Waals surface area (Å²) in [4.78, 5) is 25.2. The first-order chi connectivity index (χ1) is 14.5. The number of halogens is 1. The monoisotopic (exact) mass is 426 g/mol. The molecule has 2 aromatic carbocycles. The number of amides is 2. The Hall–Kier alpha value is -2.53. The summed E-state index contributed by atoms with van der Waals surface area (Å²) < 4.78 is 5.83. The molecule has 30 heavy (non-hydrogen) atoms. The third kappa shape index (κ3) is 4.96. The van der Waals surface area contributed by atoms with Gasteiger partial charge in [0.15, 0.2) is 0 Å². The van der Waals surface area contributed by atoms with Crippen molar-refractivity contribution in [3.63, 3.8) is 0 Å². The van der Waals surface area contributed by atoms with Crippen LogP contribution >= 0.6 is 11.6 Å². The highest BCUT2D eigenvalue weighted by molar-refractivity contribution is 6.30. The van der Waals surface area contributed by atoms with Crippen LogP contribution in [0.15, 0.2) is 42.5 Å². The summed E-state index contributed by atoms with van der Waals surface area (Å²) in [7, 11) is 0. The number of nitrogens with one attached hydrogen (secondary N) is 2. The highest BCUT2D eigenvalue weighted by Gasteiger charge is 2.29. The van der Waals surface area contributed by atoms with Gasteiger partial charge in [0.05, 0.1) is 5.92 Å². The van der Waals surface area contributed by atoms with E-state index in [1.54, 1.807) is 24.3 Å². The summed E-state index contributed by atoms with van der Waals surface area (Å²) in [5.41, 5.74) is 2.15. The Morgan fingerprint density at radius 2 is 1.77 bits per heavy atom. The van der Waals surface area contributed by atoms with E-state index >= 15 is 0 Å². The Labute approximate surface area is 182 Å². The number of hydrogen-bond donors (Lipinski definition) is 2. The molecule has 1 aliphatic carbocycles. The second-order valence-corrected chi connectivity index (χ2v) is 8.90. The van der Waals surface area contributed by atoms with Crippen molar-refractivity contribution < 1.29 is 14.3 Å². The Morgan fingerprint density at radius 1 is 1.03 bits per heavy atom. The van der Waals surface area contributed by atoms with E-state index in [0.29, 0.717) is 29.3 Å². The lowest BCUT2D eigenvalue weighted by atomic mass is 9.87. The molecule has 1 fully saturated rings. The van der Waals surface area contributed by atoms with Crippen molar-refractivity contribution in [2.45, 2.75) is 45.1 Å². The average molecular weight is 427 g/mol. The average Bonchev–Trinajstić information content (AvgIpc) is 2.75. The third-order valence-corrected chi connectivity index (χ3v) is 6.32. The zero-order valence-corrected chi connectivity index (χ0v) is 17.9. The number of carbonyl (C=O) groups excluding carboxylic acids is 2. The van der Waals surface area contributed by atoms with Gasteiger partial charge in [-0.05, 0) is 86.1 Å². The minimum atomic E-state index is -0.209. The molecular weight excluding hydrogens is 400 g/mol. The molecule has 5 nitrogen and oxygen atoms in total. The number of benzene rings is 2. The van der Waals surface area contributed by atoms with Crippen LogP contribution < -0.4 is 15.4 Å². The molecule has 1 aliphatic heterocycles. The molecule has 1 atom stereocenters. The van der Waals surface area contributed by atoms with E-state index in [1.807, 2.05) is 18.2 Å². The molecule has 0 bridgehead atoms. The zero-order chi connectivity index (χ0) is 21.1. The summed E-state index contributed by atoms with van der Waals surface area (Å²) >= 11 is 5.88. The van der Waals surface area contributed by atoms with Gasteiger partial charge < -0.3 is 15.4 Å². The fraction of sp³-hybridized carbons (Fsp3) is 0.417. The molecule has 6 heteroatoms. The molecular formula is C24H27ClN2O3. The van der Waals surface area contributed by atoms with Gasteiger partial charge in [-0.15, -0.1) is 0 Å². The van der Waals surface area contributed by atoms with E-state index < -0.39 is 0 Å².